The van der Waals surface area contributed by atoms with Crippen LogP contribution in [0.2, 0.25) is 5.02 Å². The van der Waals surface area contributed by atoms with E-state index in [0.717, 1.165) is 5.02 Å². The van der Waals surface area contributed by atoms with Crippen LogP contribution in [0.15, 0.2) is 97.1 Å². The van der Waals surface area contributed by atoms with Gasteiger partial charge in [-0.2, -0.15) is 0 Å². The number of nitrogens with zero attached hydrogens (tertiary/aromatic N) is 1. The summed E-state index contributed by atoms with van der Waals surface area (Å²) in [6.45, 7) is 0. The number of hydrogen-bond acceptors (Lipinski definition) is 2. The number of para-hydroxylation sites is 1. The zero-order valence-electron chi connectivity index (χ0n) is 11.9. The van der Waals surface area contributed by atoms with Crippen LogP contribution >= 0.6 is 11.6 Å². The van der Waals surface area contributed by atoms with Crippen molar-refractivity contribution in [2.75, 3.05) is 0 Å². The van der Waals surface area contributed by atoms with Crippen LogP contribution in [-0.4, -0.2) is 4.92 Å². The van der Waals surface area contributed by atoms with Gasteiger partial charge in [0.1, 0.15) is 0 Å². The standard InChI is InChI=1S/C6H5Cl.C6H5NO2.C6H6/c7-6-4-2-1-3-5-6;8-7(9)6-4-2-1-3-5-6;1-2-4-6-5-3-1/h1-5H;1-5H;1-6H. The topological polar surface area (TPSA) is 43.1 Å². The van der Waals surface area contributed by atoms with Gasteiger partial charge in [0.2, 0.25) is 0 Å². The van der Waals surface area contributed by atoms with E-state index in [1.54, 1.807) is 18.2 Å². The van der Waals surface area contributed by atoms with Gasteiger partial charge < -0.3 is 0 Å². The number of hydrogen-bond donors (Lipinski definition) is 0. The van der Waals surface area contributed by atoms with Crippen molar-refractivity contribution < 1.29 is 4.92 Å². The molecule has 0 saturated heterocycles. The van der Waals surface area contributed by atoms with Crippen molar-refractivity contribution >= 4 is 17.3 Å². The van der Waals surface area contributed by atoms with E-state index in [-0.39, 0.29) is 5.69 Å². The van der Waals surface area contributed by atoms with Gasteiger partial charge in [-0.25, -0.2) is 0 Å². The smallest absolute Gasteiger partial charge is 0.258 e. The van der Waals surface area contributed by atoms with Crippen LogP contribution in [0.1, 0.15) is 0 Å². The van der Waals surface area contributed by atoms with Crippen LogP contribution in [0.5, 0.6) is 0 Å². The van der Waals surface area contributed by atoms with Gasteiger partial charge in [0.05, 0.1) is 4.92 Å². The summed E-state index contributed by atoms with van der Waals surface area (Å²) in [6, 6.07) is 29.4. The lowest BCUT2D eigenvalue weighted by Gasteiger charge is -1.85. The van der Waals surface area contributed by atoms with Gasteiger partial charge in [-0.05, 0) is 12.1 Å². The fourth-order valence-electron chi connectivity index (χ4n) is 1.35. The number of halogens is 1. The Bertz CT molecular complexity index is 604. The summed E-state index contributed by atoms with van der Waals surface area (Å²) in [5.74, 6) is 0. The van der Waals surface area contributed by atoms with Crippen molar-refractivity contribution in [1.29, 1.82) is 0 Å². The Morgan fingerprint density at radius 2 is 0.955 bits per heavy atom. The number of nitro benzene ring substituents is 1. The molecule has 0 aliphatic rings. The van der Waals surface area contributed by atoms with Crippen molar-refractivity contribution in [3.63, 3.8) is 0 Å². The molecule has 0 bridgehead atoms. The molecule has 3 nitrogen and oxygen atoms in total. The first-order valence-corrected chi connectivity index (χ1v) is 6.98. The Balaban J connectivity index is 0.000000169. The molecule has 0 fully saturated rings. The minimum Gasteiger partial charge on any atom is -0.258 e. The first-order valence-electron chi connectivity index (χ1n) is 6.60. The van der Waals surface area contributed by atoms with E-state index in [0.29, 0.717) is 0 Å². The number of benzene rings is 3. The van der Waals surface area contributed by atoms with Crippen LogP contribution in [0.25, 0.3) is 0 Å². The van der Waals surface area contributed by atoms with E-state index in [1.165, 1.54) is 12.1 Å². The maximum absolute atomic E-state index is 10.0. The molecule has 0 heterocycles. The number of non-ortho nitro benzene ring substituents is 1. The molecule has 0 radical (unpaired) electrons. The molecule has 0 unspecified atom stereocenters. The van der Waals surface area contributed by atoms with E-state index < -0.39 is 4.92 Å². The third-order valence-corrected chi connectivity index (χ3v) is 2.62. The highest BCUT2D eigenvalue weighted by atomic mass is 35.5. The highest BCUT2D eigenvalue weighted by Crippen LogP contribution is 2.06. The second-order valence-corrected chi connectivity index (χ2v) is 4.48. The molecule has 22 heavy (non-hydrogen) atoms. The Hall–Kier alpha value is -2.65. The molecular weight excluding hydrogens is 298 g/mol. The quantitative estimate of drug-likeness (QED) is 0.432. The predicted octanol–water partition coefficient (Wildman–Crippen LogP) is 5.62. The molecule has 0 aliphatic carbocycles. The normalized spacial score (nSPS) is 8.59. The first kappa shape index (κ1) is 17.4. The SMILES string of the molecule is Clc1ccccc1.O=[N+]([O-])c1ccccc1.c1ccccc1. The van der Waals surface area contributed by atoms with Crippen molar-refractivity contribution in [2.45, 2.75) is 0 Å². The van der Waals surface area contributed by atoms with E-state index in [4.69, 9.17) is 11.6 Å². The summed E-state index contributed by atoms with van der Waals surface area (Å²) in [7, 11) is 0. The molecule has 0 aliphatic heterocycles. The Morgan fingerprint density at radius 1 is 0.636 bits per heavy atom. The molecule has 3 aromatic rings. The fraction of sp³-hybridized carbons (Fsp3) is 0. The van der Waals surface area contributed by atoms with E-state index in [9.17, 15) is 10.1 Å². The Labute approximate surface area is 135 Å². The van der Waals surface area contributed by atoms with Crippen molar-refractivity contribution in [1.82, 2.24) is 0 Å². The summed E-state index contributed by atoms with van der Waals surface area (Å²) >= 11 is 5.54. The second-order valence-electron chi connectivity index (χ2n) is 4.04. The van der Waals surface area contributed by atoms with Gasteiger partial charge in [0.15, 0.2) is 0 Å². The zero-order chi connectivity index (χ0) is 16.0. The van der Waals surface area contributed by atoms with Crippen LogP contribution in [0.4, 0.5) is 5.69 Å². The maximum atomic E-state index is 10.0. The molecule has 0 spiro atoms. The van der Waals surface area contributed by atoms with Crippen molar-refractivity contribution in [3.05, 3.63) is 112 Å². The molecule has 3 rings (SSSR count). The fourth-order valence-corrected chi connectivity index (χ4v) is 1.49. The van der Waals surface area contributed by atoms with Crippen molar-refractivity contribution in [3.8, 4) is 0 Å². The van der Waals surface area contributed by atoms with Crippen molar-refractivity contribution in [2.24, 2.45) is 0 Å². The van der Waals surface area contributed by atoms with Gasteiger partial charge in [0.25, 0.3) is 5.69 Å². The number of nitro groups is 1. The van der Waals surface area contributed by atoms with Gasteiger partial charge >= 0.3 is 0 Å². The zero-order valence-corrected chi connectivity index (χ0v) is 12.6. The summed E-state index contributed by atoms with van der Waals surface area (Å²) in [5.41, 5.74) is 0.137. The number of rotatable bonds is 1. The predicted molar refractivity (Wildman–Crippen MR) is 91.0 cm³/mol. The first-order chi connectivity index (χ1) is 10.7. The van der Waals surface area contributed by atoms with Gasteiger partial charge in [-0.15, -0.1) is 0 Å². The maximum Gasteiger partial charge on any atom is 0.269 e. The third kappa shape index (κ3) is 8.51. The van der Waals surface area contributed by atoms with E-state index in [1.807, 2.05) is 66.7 Å². The second kappa shape index (κ2) is 11.1. The lowest BCUT2D eigenvalue weighted by Crippen LogP contribution is -1.84. The van der Waals surface area contributed by atoms with Crippen LogP contribution in [-0.2, 0) is 0 Å². The lowest BCUT2D eigenvalue weighted by atomic mass is 10.3. The third-order valence-electron chi connectivity index (χ3n) is 2.37. The molecule has 0 saturated carbocycles. The highest BCUT2D eigenvalue weighted by molar-refractivity contribution is 6.30. The van der Waals surface area contributed by atoms with Crippen LogP contribution in [0, 0.1) is 10.1 Å². The molecule has 0 amide bonds. The van der Waals surface area contributed by atoms with Gasteiger partial charge in [0, 0.05) is 17.2 Å². The molecule has 112 valence electrons. The van der Waals surface area contributed by atoms with Crippen LogP contribution in [0.3, 0.4) is 0 Å². The summed E-state index contributed by atoms with van der Waals surface area (Å²) in [4.78, 5) is 9.59. The molecule has 0 aromatic heterocycles. The van der Waals surface area contributed by atoms with Crippen LogP contribution < -0.4 is 0 Å². The molecule has 0 N–H and O–H groups in total. The van der Waals surface area contributed by atoms with Gasteiger partial charge in [-0.3, -0.25) is 10.1 Å². The lowest BCUT2D eigenvalue weighted by molar-refractivity contribution is -0.384. The minimum absolute atomic E-state index is 0.137. The summed E-state index contributed by atoms with van der Waals surface area (Å²) < 4.78 is 0. The average molecular weight is 314 g/mol. The summed E-state index contributed by atoms with van der Waals surface area (Å²) in [6.07, 6.45) is 0. The summed E-state index contributed by atoms with van der Waals surface area (Å²) in [5, 5.41) is 10.8. The van der Waals surface area contributed by atoms with E-state index in [2.05, 4.69) is 0 Å². The largest absolute Gasteiger partial charge is 0.269 e. The molecular formula is C18H16ClNO2. The Kier molecular flexibility index (Phi) is 8.75. The molecule has 0 atom stereocenters. The molecule has 3 aromatic carbocycles. The minimum atomic E-state index is -0.417. The highest BCUT2D eigenvalue weighted by Gasteiger charge is 1.98. The average Bonchev–Trinajstić information content (AvgIpc) is 2.59. The molecule has 4 heteroatoms. The van der Waals surface area contributed by atoms with Gasteiger partial charge in [-0.1, -0.05) is 84.4 Å². The van der Waals surface area contributed by atoms with E-state index >= 15 is 0 Å². The monoisotopic (exact) mass is 313 g/mol. The Morgan fingerprint density at radius 3 is 1.18 bits per heavy atom.